The number of morpholine rings is 1. The minimum Gasteiger partial charge on any atom is -0.379 e. The molecule has 0 aliphatic carbocycles. The maximum absolute atomic E-state index is 10.8. The lowest BCUT2D eigenvalue weighted by Gasteiger charge is -2.28. The highest BCUT2D eigenvalue weighted by molar-refractivity contribution is 7.90. The van der Waals surface area contributed by atoms with Gasteiger partial charge in [-0.25, -0.2) is 8.42 Å². The Kier molecular flexibility index (Phi) is 5.68. The van der Waals surface area contributed by atoms with Crippen LogP contribution in [0.5, 0.6) is 0 Å². The maximum atomic E-state index is 10.8. The average Bonchev–Trinajstić information content (AvgIpc) is 2.15. The van der Waals surface area contributed by atoms with Gasteiger partial charge in [-0.3, -0.25) is 0 Å². The molecule has 0 saturated carbocycles. The molecule has 1 aliphatic rings. The average molecular weight is 251 g/mol. The van der Waals surface area contributed by atoms with Gasteiger partial charge < -0.3 is 14.8 Å². The van der Waals surface area contributed by atoms with Gasteiger partial charge in [-0.05, 0) is 13.3 Å². The molecular formula is C10H21NO4S. The van der Waals surface area contributed by atoms with Crippen LogP contribution in [-0.4, -0.2) is 58.9 Å². The standard InChI is InChI=1S/C10H21NO4S/c1-9-6-11-7-10(15-9)8-14-4-3-5-16(2,12)13/h9-11H,3-8H2,1-2H3. The van der Waals surface area contributed by atoms with Crippen molar-refractivity contribution in [3.05, 3.63) is 0 Å². The van der Waals surface area contributed by atoms with E-state index in [2.05, 4.69) is 5.32 Å². The van der Waals surface area contributed by atoms with Crippen LogP contribution in [0, 0.1) is 0 Å². The molecule has 0 radical (unpaired) electrons. The van der Waals surface area contributed by atoms with Gasteiger partial charge in [-0.15, -0.1) is 0 Å². The highest BCUT2D eigenvalue weighted by Gasteiger charge is 2.18. The molecule has 1 aliphatic heterocycles. The first-order valence-electron chi connectivity index (χ1n) is 5.59. The molecule has 2 atom stereocenters. The van der Waals surface area contributed by atoms with Crippen molar-refractivity contribution < 1.29 is 17.9 Å². The third kappa shape index (κ3) is 6.42. The highest BCUT2D eigenvalue weighted by atomic mass is 32.2. The lowest BCUT2D eigenvalue weighted by atomic mass is 10.2. The third-order valence-electron chi connectivity index (χ3n) is 2.34. The zero-order chi connectivity index (χ0) is 12.0. The number of sulfone groups is 1. The van der Waals surface area contributed by atoms with Crippen LogP contribution in [0.15, 0.2) is 0 Å². The van der Waals surface area contributed by atoms with E-state index in [-0.39, 0.29) is 18.0 Å². The predicted molar refractivity (Wildman–Crippen MR) is 62.4 cm³/mol. The van der Waals surface area contributed by atoms with Crippen LogP contribution in [0.2, 0.25) is 0 Å². The molecule has 96 valence electrons. The molecule has 2 unspecified atom stereocenters. The topological polar surface area (TPSA) is 64.6 Å². The summed E-state index contributed by atoms with van der Waals surface area (Å²) in [6.07, 6.45) is 2.09. The van der Waals surface area contributed by atoms with Crippen LogP contribution >= 0.6 is 0 Å². The minimum absolute atomic E-state index is 0.0852. The molecule has 0 amide bonds. The van der Waals surface area contributed by atoms with Crippen molar-refractivity contribution in [2.45, 2.75) is 25.6 Å². The Morgan fingerprint density at radius 2 is 2.19 bits per heavy atom. The summed E-state index contributed by atoms with van der Waals surface area (Å²) < 4.78 is 32.7. The van der Waals surface area contributed by atoms with E-state index >= 15 is 0 Å². The zero-order valence-electron chi connectivity index (χ0n) is 9.94. The highest BCUT2D eigenvalue weighted by Crippen LogP contribution is 2.03. The van der Waals surface area contributed by atoms with Crippen LogP contribution in [0.1, 0.15) is 13.3 Å². The molecule has 1 N–H and O–H groups in total. The van der Waals surface area contributed by atoms with Gasteiger partial charge in [-0.2, -0.15) is 0 Å². The first-order valence-corrected chi connectivity index (χ1v) is 7.65. The number of hydrogen-bond donors (Lipinski definition) is 1. The monoisotopic (exact) mass is 251 g/mol. The van der Waals surface area contributed by atoms with Crippen molar-refractivity contribution in [3.8, 4) is 0 Å². The Labute approximate surface area is 97.4 Å². The van der Waals surface area contributed by atoms with Crippen LogP contribution in [0.25, 0.3) is 0 Å². The molecule has 0 aromatic rings. The summed E-state index contributed by atoms with van der Waals surface area (Å²) in [6.45, 7) is 4.70. The van der Waals surface area contributed by atoms with Crippen molar-refractivity contribution in [2.75, 3.05) is 38.3 Å². The second-order valence-electron chi connectivity index (χ2n) is 4.29. The summed E-state index contributed by atoms with van der Waals surface area (Å²) >= 11 is 0. The van der Waals surface area contributed by atoms with E-state index in [9.17, 15) is 8.42 Å². The summed E-state index contributed by atoms with van der Waals surface area (Å²) in [5, 5.41) is 3.25. The van der Waals surface area contributed by atoms with Crippen molar-refractivity contribution >= 4 is 9.84 Å². The molecule has 0 aromatic heterocycles. The fourth-order valence-corrected chi connectivity index (χ4v) is 2.25. The van der Waals surface area contributed by atoms with Crippen LogP contribution < -0.4 is 5.32 Å². The molecule has 1 heterocycles. The molecular weight excluding hydrogens is 230 g/mol. The van der Waals surface area contributed by atoms with Gasteiger partial charge >= 0.3 is 0 Å². The second kappa shape index (κ2) is 6.54. The van der Waals surface area contributed by atoms with Crippen molar-refractivity contribution in [1.82, 2.24) is 5.32 Å². The predicted octanol–water partition coefficient (Wildman–Crippen LogP) is -0.185. The van der Waals surface area contributed by atoms with Crippen LogP contribution in [0.3, 0.4) is 0 Å². The van der Waals surface area contributed by atoms with E-state index in [1.54, 1.807) is 0 Å². The van der Waals surface area contributed by atoms with Gasteiger partial charge in [0.1, 0.15) is 9.84 Å². The summed E-state index contributed by atoms with van der Waals surface area (Å²) in [5.74, 6) is 0.188. The van der Waals surface area contributed by atoms with Gasteiger partial charge in [0.2, 0.25) is 0 Å². The van der Waals surface area contributed by atoms with Gasteiger partial charge in [0.25, 0.3) is 0 Å². The van der Waals surface area contributed by atoms with Crippen LogP contribution in [-0.2, 0) is 19.3 Å². The Morgan fingerprint density at radius 1 is 1.44 bits per heavy atom. The van der Waals surface area contributed by atoms with Crippen molar-refractivity contribution in [1.29, 1.82) is 0 Å². The van der Waals surface area contributed by atoms with Gasteiger partial charge in [0, 0.05) is 26.0 Å². The molecule has 1 rings (SSSR count). The van der Waals surface area contributed by atoms with Gasteiger partial charge in [0.05, 0.1) is 24.6 Å². The lowest BCUT2D eigenvalue weighted by Crippen LogP contribution is -2.45. The number of nitrogens with one attached hydrogen (secondary N) is 1. The van der Waals surface area contributed by atoms with E-state index < -0.39 is 9.84 Å². The molecule has 5 nitrogen and oxygen atoms in total. The van der Waals surface area contributed by atoms with Gasteiger partial charge in [0.15, 0.2) is 0 Å². The summed E-state index contributed by atoms with van der Waals surface area (Å²) in [7, 11) is -2.86. The summed E-state index contributed by atoms with van der Waals surface area (Å²) in [6, 6.07) is 0. The molecule has 1 saturated heterocycles. The molecule has 0 bridgehead atoms. The second-order valence-corrected chi connectivity index (χ2v) is 6.55. The Morgan fingerprint density at radius 3 is 2.81 bits per heavy atom. The molecule has 6 heteroatoms. The van der Waals surface area contributed by atoms with Crippen molar-refractivity contribution in [2.24, 2.45) is 0 Å². The molecule has 1 fully saturated rings. The number of rotatable bonds is 6. The molecule has 16 heavy (non-hydrogen) atoms. The van der Waals surface area contributed by atoms with Crippen molar-refractivity contribution in [3.63, 3.8) is 0 Å². The Hall–Kier alpha value is -0.170. The SMILES string of the molecule is CC1CNCC(COCCCS(C)(=O)=O)O1. The van der Waals surface area contributed by atoms with E-state index in [1.807, 2.05) is 6.92 Å². The zero-order valence-corrected chi connectivity index (χ0v) is 10.8. The molecule has 0 spiro atoms. The van der Waals surface area contributed by atoms with E-state index in [0.717, 1.165) is 13.1 Å². The fourth-order valence-electron chi connectivity index (χ4n) is 1.61. The Balaban J connectivity index is 2.02. The largest absolute Gasteiger partial charge is 0.379 e. The first-order chi connectivity index (χ1) is 7.47. The smallest absolute Gasteiger partial charge is 0.147 e. The lowest BCUT2D eigenvalue weighted by molar-refractivity contribution is -0.0683. The quantitative estimate of drug-likeness (QED) is 0.663. The van der Waals surface area contributed by atoms with Gasteiger partial charge in [-0.1, -0.05) is 0 Å². The van der Waals surface area contributed by atoms with E-state index in [0.29, 0.717) is 19.6 Å². The maximum Gasteiger partial charge on any atom is 0.147 e. The summed E-state index contributed by atoms with van der Waals surface area (Å²) in [5.41, 5.74) is 0. The van der Waals surface area contributed by atoms with Crippen LogP contribution in [0.4, 0.5) is 0 Å². The summed E-state index contributed by atoms with van der Waals surface area (Å²) in [4.78, 5) is 0. The first kappa shape index (κ1) is 13.9. The van der Waals surface area contributed by atoms with E-state index in [1.165, 1.54) is 6.26 Å². The molecule has 0 aromatic carbocycles. The fraction of sp³-hybridized carbons (Fsp3) is 1.00. The number of ether oxygens (including phenoxy) is 2. The third-order valence-corrected chi connectivity index (χ3v) is 3.37. The number of hydrogen-bond acceptors (Lipinski definition) is 5. The minimum atomic E-state index is -2.86. The normalized spacial score (nSPS) is 26.9. The Bertz CT molecular complexity index is 291. The van der Waals surface area contributed by atoms with E-state index in [4.69, 9.17) is 9.47 Å².